The third-order valence-electron chi connectivity index (χ3n) is 9.95. The molecule has 4 aromatic carbocycles. The number of phenols is 4. The molecule has 0 saturated heterocycles. The summed E-state index contributed by atoms with van der Waals surface area (Å²) in [5, 5.41) is 43.9. The highest BCUT2D eigenvalue weighted by Gasteiger charge is 2.37. The number of anilines is 4. The number of Topliss-reactive ketones (excluding diaryl/α,β-unsaturated/α-hetero) is 4. The van der Waals surface area contributed by atoms with Gasteiger partial charge in [0.2, 0.25) is 23.1 Å². The molecule has 8 N–H and O–H groups in total. The Labute approximate surface area is 319 Å². The van der Waals surface area contributed by atoms with E-state index in [0.717, 1.165) is 0 Å². The lowest BCUT2D eigenvalue weighted by atomic mass is 9.80. The summed E-state index contributed by atoms with van der Waals surface area (Å²) in [4.78, 5) is 79.5. The van der Waals surface area contributed by atoms with E-state index in [0.29, 0.717) is 11.4 Å². The number of hydrogen-bond acceptors (Lipinski definition) is 14. The van der Waals surface area contributed by atoms with Crippen molar-refractivity contribution < 1.29 is 49.2 Å². The number of rotatable bonds is 11. The molecule has 0 heterocycles. The van der Waals surface area contributed by atoms with Gasteiger partial charge in [0, 0.05) is 43.1 Å². The fourth-order valence-corrected chi connectivity index (χ4v) is 7.33. The predicted octanol–water partition coefficient (Wildman–Crippen LogP) is 2.29. The van der Waals surface area contributed by atoms with Crippen molar-refractivity contribution in [3.8, 4) is 34.1 Å². The van der Waals surface area contributed by atoms with Crippen LogP contribution in [0.2, 0.25) is 0 Å². The van der Waals surface area contributed by atoms with Crippen LogP contribution in [-0.2, 0) is 28.8 Å². The molecule has 0 aliphatic heterocycles. The van der Waals surface area contributed by atoms with Crippen molar-refractivity contribution in [2.45, 2.75) is 41.5 Å². The maximum absolute atomic E-state index is 13.6. The molecule has 0 amide bonds. The Morgan fingerprint density at radius 3 is 1.09 bits per heavy atom. The van der Waals surface area contributed by atoms with Gasteiger partial charge >= 0.3 is 0 Å². The molecule has 6 rings (SSSR count). The van der Waals surface area contributed by atoms with Crippen LogP contribution in [0, 0.1) is 25.7 Å². The molecule has 0 saturated carbocycles. The van der Waals surface area contributed by atoms with E-state index in [-0.39, 0.29) is 89.7 Å². The average molecular weight is 759 g/mol. The molecule has 0 atom stereocenters. The first-order valence-electron chi connectivity index (χ1n) is 17.5. The zero-order valence-electron chi connectivity index (χ0n) is 31.2. The van der Waals surface area contributed by atoms with Gasteiger partial charge in [0.25, 0.3) is 0 Å². The molecule has 0 radical (unpaired) electrons. The van der Waals surface area contributed by atoms with Crippen LogP contribution in [0.3, 0.4) is 0 Å². The van der Waals surface area contributed by atoms with Crippen LogP contribution in [0.5, 0.6) is 23.0 Å². The molecule has 286 valence electrons. The largest absolute Gasteiger partial charge is 0.508 e. The number of nitrogens with one attached hydrogen (secondary N) is 4. The summed E-state index contributed by atoms with van der Waals surface area (Å²) in [6.07, 6.45) is 0.347. The highest BCUT2D eigenvalue weighted by molar-refractivity contribution is 6.69. The maximum atomic E-state index is 13.6. The van der Waals surface area contributed by atoms with E-state index in [1.54, 1.807) is 65.8 Å². The van der Waals surface area contributed by atoms with Crippen LogP contribution in [0.1, 0.15) is 38.8 Å². The van der Waals surface area contributed by atoms with Gasteiger partial charge < -0.3 is 31.3 Å². The summed E-state index contributed by atoms with van der Waals surface area (Å²) in [7, 11) is 0. The molecule has 2 aliphatic carbocycles. The van der Waals surface area contributed by atoms with Gasteiger partial charge in [-0.2, -0.15) is 0 Å². The zero-order chi connectivity index (χ0) is 40.9. The molecule has 0 spiro atoms. The SMILES string of the molecule is Cc1c(-c2c(C)c(NNc3ccc(O)cc3)c3c(c2O)=C(C=O)C(=O)C(=O)C=3C(C)C)c(O)c2c(c1NNc1ccc(O)cc1)=C(C(C)C)C(=O)C(=O)C=2C=O. The van der Waals surface area contributed by atoms with Crippen molar-refractivity contribution in [1.29, 1.82) is 0 Å². The molecule has 4 aromatic rings. The second-order valence-corrected chi connectivity index (χ2v) is 14.1. The van der Waals surface area contributed by atoms with Gasteiger partial charge in [-0.05, 0) is 85.3 Å². The van der Waals surface area contributed by atoms with Gasteiger partial charge in [-0.3, -0.25) is 39.6 Å². The Hall–Kier alpha value is -7.22. The Bertz CT molecular complexity index is 2510. The molecule has 2 aliphatic rings. The van der Waals surface area contributed by atoms with Gasteiger partial charge in [-0.15, -0.1) is 0 Å². The van der Waals surface area contributed by atoms with Crippen LogP contribution in [-0.4, -0.2) is 56.1 Å². The molecule has 0 aromatic heterocycles. The average Bonchev–Trinajstić information content (AvgIpc) is 3.15. The molecule has 0 fully saturated rings. The van der Waals surface area contributed by atoms with Crippen LogP contribution >= 0.6 is 0 Å². The number of aldehydes is 2. The number of hydrogen-bond donors (Lipinski definition) is 8. The summed E-state index contributed by atoms with van der Waals surface area (Å²) in [6.45, 7) is 9.79. The topological polar surface area (TPSA) is 231 Å². The van der Waals surface area contributed by atoms with Crippen LogP contribution in [0.4, 0.5) is 22.7 Å². The Kier molecular flexibility index (Phi) is 10.0. The van der Waals surface area contributed by atoms with Crippen molar-refractivity contribution in [1.82, 2.24) is 0 Å². The highest BCUT2D eigenvalue weighted by atomic mass is 16.3. The number of aromatic hydroxyl groups is 4. The number of carbonyl (C=O) groups is 6. The Balaban J connectivity index is 1.83. The van der Waals surface area contributed by atoms with Gasteiger partial charge in [-0.25, -0.2) is 0 Å². The summed E-state index contributed by atoms with van der Waals surface area (Å²) >= 11 is 0. The second-order valence-electron chi connectivity index (χ2n) is 14.1. The second kappa shape index (κ2) is 14.5. The lowest BCUT2D eigenvalue weighted by molar-refractivity contribution is -0.130. The number of ketones is 4. The van der Waals surface area contributed by atoms with Crippen molar-refractivity contribution in [3.63, 3.8) is 0 Å². The van der Waals surface area contributed by atoms with Gasteiger partial charge in [0.05, 0.1) is 33.9 Å². The summed E-state index contributed by atoms with van der Waals surface area (Å²) < 4.78 is 0. The van der Waals surface area contributed by atoms with E-state index in [1.807, 2.05) is 0 Å². The minimum absolute atomic E-state index is 0.000691. The molecule has 56 heavy (non-hydrogen) atoms. The van der Waals surface area contributed by atoms with Crippen molar-refractivity contribution >= 4 is 80.7 Å². The lowest BCUT2D eigenvalue weighted by Crippen LogP contribution is -2.46. The van der Waals surface area contributed by atoms with E-state index >= 15 is 0 Å². The van der Waals surface area contributed by atoms with Gasteiger partial charge in [0.1, 0.15) is 23.0 Å². The van der Waals surface area contributed by atoms with Gasteiger partial charge in [-0.1, -0.05) is 27.7 Å². The van der Waals surface area contributed by atoms with Crippen LogP contribution in [0.15, 0.2) is 48.5 Å². The van der Waals surface area contributed by atoms with Crippen molar-refractivity contribution in [3.05, 3.63) is 80.5 Å². The summed E-state index contributed by atoms with van der Waals surface area (Å²) in [5.41, 5.74) is 12.0. The number of benzene rings is 4. The molecule has 0 unspecified atom stereocenters. The quantitative estimate of drug-likeness (QED) is 0.0475. The first kappa shape index (κ1) is 38.5. The van der Waals surface area contributed by atoms with Gasteiger partial charge in [0.15, 0.2) is 12.6 Å². The molecular formula is C42H38N4O10. The minimum atomic E-state index is -1.15. The first-order chi connectivity index (χ1) is 26.5. The zero-order valence-corrected chi connectivity index (χ0v) is 31.2. The Morgan fingerprint density at radius 2 is 0.804 bits per heavy atom. The molecular weight excluding hydrogens is 720 g/mol. The fourth-order valence-electron chi connectivity index (χ4n) is 7.33. The van der Waals surface area contributed by atoms with Crippen LogP contribution < -0.4 is 42.6 Å². The standard InChI is InChI=1S/C42H38N4O10/c1-17(2)27-33-31(25(15-47)37(51)41(27)55)39(53)29(19(5)35(33)45-43-21-7-11-23(49)12-8-21)30-20(6)36(46-44-22-9-13-24(50)14-10-22)34-28(18(3)4)42(56)38(52)26(16-48)32(34)40(30)54/h7-18,43-46,49-50,53-54H,1-6H3. The number of fused-ring (bicyclic) bond motifs is 2. The minimum Gasteiger partial charge on any atom is -0.508 e. The molecule has 0 bridgehead atoms. The third-order valence-corrected chi connectivity index (χ3v) is 9.95. The normalized spacial score (nSPS) is 13.9. The summed E-state index contributed by atoms with van der Waals surface area (Å²) in [6, 6.07) is 11.9. The smallest absolute Gasteiger partial charge is 0.237 e. The highest BCUT2D eigenvalue weighted by Crippen LogP contribution is 2.42. The fraction of sp³-hybridized carbons (Fsp3) is 0.190. The molecule has 14 nitrogen and oxygen atoms in total. The lowest BCUT2D eigenvalue weighted by Gasteiger charge is -2.27. The van der Waals surface area contributed by atoms with E-state index in [2.05, 4.69) is 21.7 Å². The van der Waals surface area contributed by atoms with E-state index in [4.69, 9.17) is 0 Å². The first-order valence-corrected chi connectivity index (χ1v) is 17.5. The third kappa shape index (κ3) is 6.10. The number of phenolic OH excluding ortho intramolecular Hbond substituents is 4. The van der Waals surface area contributed by atoms with Crippen molar-refractivity contribution in [2.24, 2.45) is 11.8 Å². The summed E-state index contributed by atoms with van der Waals surface area (Å²) in [5.74, 6) is -6.71. The van der Waals surface area contributed by atoms with Crippen LogP contribution in [0.25, 0.3) is 33.4 Å². The maximum Gasteiger partial charge on any atom is 0.237 e. The number of carbonyl (C=O) groups excluding carboxylic acids is 6. The predicted molar refractivity (Wildman–Crippen MR) is 209 cm³/mol. The monoisotopic (exact) mass is 758 g/mol. The number of hydrazine groups is 2. The molecule has 14 heteroatoms. The Morgan fingerprint density at radius 1 is 0.482 bits per heavy atom. The van der Waals surface area contributed by atoms with Crippen molar-refractivity contribution in [2.75, 3.05) is 21.7 Å². The van der Waals surface area contributed by atoms with E-state index < -0.39 is 57.6 Å². The van der Waals surface area contributed by atoms with E-state index in [1.165, 1.54) is 24.3 Å². The van der Waals surface area contributed by atoms with E-state index in [9.17, 15) is 49.2 Å².